The van der Waals surface area contributed by atoms with Gasteiger partial charge in [0.25, 0.3) is 0 Å². The molecule has 4 heteroatoms. The summed E-state index contributed by atoms with van der Waals surface area (Å²) in [6.45, 7) is 2.16. The molecular weight excluding hydrogens is 228 g/mol. The number of nitrogens with zero attached hydrogens (tertiary/aromatic N) is 1. The maximum absolute atomic E-state index is 11.6. The summed E-state index contributed by atoms with van der Waals surface area (Å²) in [5.41, 5.74) is 2.23. The lowest BCUT2D eigenvalue weighted by Crippen LogP contribution is -2.04. The highest BCUT2D eigenvalue weighted by Crippen LogP contribution is 2.17. The van der Waals surface area contributed by atoms with Crippen molar-refractivity contribution in [2.45, 2.75) is 6.92 Å². The van der Waals surface area contributed by atoms with E-state index in [1.165, 1.54) is 0 Å². The van der Waals surface area contributed by atoms with Crippen LogP contribution in [0.15, 0.2) is 48.8 Å². The Morgan fingerprint density at radius 2 is 2.11 bits per heavy atom. The Hall–Kier alpha value is -2.36. The lowest BCUT2D eigenvalue weighted by molar-refractivity contribution is 0.0526. The molecule has 4 nitrogen and oxygen atoms in total. The molecule has 1 aromatic heterocycles. The Balaban J connectivity index is 2.15. The lowest BCUT2D eigenvalue weighted by atomic mass is 10.2. The predicted octanol–water partition coefficient (Wildman–Crippen LogP) is 3.00. The molecule has 0 unspecified atom stereocenters. The van der Waals surface area contributed by atoms with Crippen LogP contribution < -0.4 is 5.32 Å². The quantitative estimate of drug-likeness (QED) is 0.837. The molecule has 2 aromatic rings. The molecule has 0 aliphatic heterocycles. The van der Waals surface area contributed by atoms with E-state index in [1.54, 1.807) is 31.5 Å². The van der Waals surface area contributed by atoms with Crippen LogP contribution in [0.1, 0.15) is 17.3 Å². The van der Waals surface area contributed by atoms with Crippen LogP contribution in [-0.2, 0) is 4.74 Å². The van der Waals surface area contributed by atoms with E-state index in [9.17, 15) is 4.79 Å². The van der Waals surface area contributed by atoms with Crippen molar-refractivity contribution in [3.05, 3.63) is 54.4 Å². The molecule has 0 fully saturated rings. The highest BCUT2D eigenvalue weighted by atomic mass is 16.5. The summed E-state index contributed by atoms with van der Waals surface area (Å²) in [4.78, 5) is 15.6. The van der Waals surface area contributed by atoms with E-state index in [-0.39, 0.29) is 5.97 Å². The summed E-state index contributed by atoms with van der Waals surface area (Å²) < 4.78 is 4.95. The van der Waals surface area contributed by atoms with E-state index in [4.69, 9.17) is 4.74 Å². The normalized spacial score (nSPS) is 9.83. The summed E-state index contributed by atoms with van der Waals surface area (Å²) in [7, 11) is 0. The third kappa shape index (κ3) is 3.07. The number of carbonyl (C=O) groups is 1. The van der Waals surface area contributed by atoms with Crippen molar-refractivity contribution in [2.75, 3.05) is 11.9 Å². The maximum Gasteiger partial charge on any atom is 0.338 e. The first-order valence-corrected chi connectivity index (χ1v) is 5.74. The number of anilines is 2. The predicted molar refractivity (Wildman–Crippen MR) is 69.9 cm³/mol. The molecule has 2 rings (SSSR count). The van der Waals surface area contributed by atoms with Crippen molar-refractivity contribution >= 4 is 17.3 Å². The third-order valence-electron chi connectivity index (χ3n) is 2.32. The Morgan fingerprint density at radius 1 is 1.28 bits per heavy atom. The number of ether oxygens (including phenoxy) is 1. The van der Waals surface area contributed by atoms with Crippen LogP contribution >= 0.6 is 0 Å². The van der Waals surface area contributed by atoms with Crippen LogP contribution in [0.4, 0.5) is 11.4 Å². The second-order valence-corrected chi connectivity index (χ2v) is 3.67. The molecular formula is C14H14N2O2. The van der Waals surface area contributed by atoms with Crippen molar-refractivity contribution in [3.63, 3.8) is 0 Å². The van der Waals surface area contributed by atoms with Crippen LogP contribution in [0.2, 0.25) is 0 Å². The molecule has 0 saturated heterocycles. The average Bonchev–Trinajstić information content (AvgIpc) is 2.40. The van der Waals surface area contributed by atoms with Crippen LogP contribution in [0, 0.1) is 0 Å². The van der Waals surface area contributed by atoms with E-state index in [0.717, 1.165) is 11.4 Å². The zero-order valence-corrected chi connectivity index (χ0v) is 10.1. The highest BCUT2D eigenvalue weighted by molar-refractivity contribution is 5.90. The SMILES string of the molecule is CCOC(=O)c1cccc(Nc2cccnc2)c1. The lowest BCUT2D eigenvalue weighted by Gasteiger charge is -2.07. The van der Waals surface area contributed by atoms with E-state index in [1.807, 2.05) is 24.3 Å². The van der Waals surface area contributed by atoms with Crippen molar-refractivity contribution < 1.29 is 9.53 Å². The number of hydrogen-bond donors (Lipinski definition) is 1. The van der Waals surface area contributed by atoms with E-state index in [2.05, 4.69) is 10.3 Å². The number of aromatic nitrogens is 1. The Morgan fingerprint density at radius 3 is 2.83 bits per heavy atom. The molecule has 0 bridgehead atoms. The fourth-order valence-electron chi connectivity index (χ4n) is 1.54. The summed E-state index contributed by atoms with van der Waals surface area (Å²) in [5, 5.41) is 3.17. The number of hydrogen-bond acceptors (Lipinski definition) is 4. The van der Waals surface area contributed by atoms with Gasteiger partial charge in [0.15, 0.2) is 0 Å². The molecule has 0 atom stereocenters. The number of carbonyl (C=O) groups excluding carboxylic acids is 1. The summed E-state index contributed by atoms with van der Waals surface area (Å²) in [5.74, 6) is -0.313. The van der Waals surface area contributed by atoms with E-state index in [0.29, 0.717) is 12.2 Å². The first-order valence-electron chi connectivity index (χ1n) is 5.74. The highest BCUT2D eigenvalue weighted by Gasteiger charge is 2.06. The number of nitrogens with one attached hydrogen (secondary N) is 1. The molecule has 0 aliphatic rings. The van der Waals surface area contributed by atoms with Gasteiger partial charge < -0.3 is 10.1 Å². The van der Waals surface area contributed by atoms with Gasteiger partial charge in [0.2, 0.25) is 0 Å². The van der Waals surface area contributed by atoms with E-state index < -0.39 is 0 Å². The molecule has 92 valence electrons. The molecule has 0 aliphatic carbocycles. The fourth-order valence-corrected chi connectivity index (χ4v) is 1.54. The summed E-state index contributed by atoms with van der Waals surface area (Å²) in [6, 6.07) is 10.9. The minimum absolute atomic E-state index is 0.313. The minimum Gasteiger partial charge on any atom is -0.462 e. The van der Waals surface area contributed by atoms with Gasteiger partial charge in [-0.05, 0) is 37.3 Å². The largest absolute Gasteiger partial charge is 0.462 e. The first-order chi connectivity index (χ1) is 8.79. The van der Waals surface area contributed by atoms with Gasteiger partial charge in [0.1, 0.15) is 0 Å². The van der Waals surface area contributed by atoms with Gasteiger partial charge in [-0.15, -0.1) is 0 Å². The topological polar surface area (TPSA) is 51.2 Å². The average molecular weight is 242 g/mol. The number of esters is 1. The first kappa shape index (κ1) is 12.1. The Bertz CT molecular complexity index is 526. The maximum atomic E-state index is 11.6. The van der Waals surface area contributed by atoms with Gasteiger partial charge in [-0.2, -0.15) is 0 Å². The van der Waals surface area contributed by atoms with Crippen molar-refractivity contribution in [2.24, 2.45) is 0 Å². The summed E-state index contributed by atoms with van der Waals surface area (Å²) in [6.07, 6.45) is 3.43. The second-order valence-electron chi connectivity index (χ2n) is 3.67. The van der Waals surface area contributed by atoms with Crippen molar-refractivity contribution in [1.29, 1.82) is 0 Å². The van der Waals surface area contributed by atoms with Crippen LogP contribution in [0.3, 0.4) is 0 Å². The zero-order valence-electron chi connectivity index (χ0n) is 10.1. The number of rotatable bonds is 4. The molecule has 1 aromatic carbocycles. The van der Waals surface area contributed by atoms with Crippen molar-refractivity contribution in [3.8, 4) is 0 Å². The van der Waals surface area contributed by atoms with Gasteiger partial charge in [0.05, 0.1) is 24.1 Å². The Labute approximate surface area is 106 Å². The van der Waals surface area contributed by atoms with Gasteiger partial charge in [-0.3, -0.25) is 4.98 Å². The Kier molecular flexibility index (Phi) is 3.91. The molecule has 1 N–H and O–H groups in total. The second kappa shape index (κ2) is 5.82. The molecule has 1 heterocycles. The zero-order chi connectivity index (χ0) is 12.8. The summed E-state index contributed by atoms with van der Waals surface area (Å²) >= 11 is 0. The van der Waals surface area contributed by atoms with Gasteiger partial charge in [-0.1, -0.05) is 6.07 Å². The van der Waals surface area contributed by atoms with Crippen LogP contribution in [0.5, 0.6) is 0 Å². The molecule has 0 amide bonds. The number of benzene rings is 1. The molecule has 0 radical (unpaired) electrons. The van der Waals surface area contributed by atoms with Gasteiger partial charge >= 0.3 is 5.97 Å². The monoisotopic (exact) mass is 242 g/mol. The fraction of sp³-hybridized carbons (Fsp3) is 0.143. The van der Waals surface area contributed by atoms with Crippen LogP contribution in [0.25, 0.3) is 0 Å². The smallest absolute Gasteiger partial charge is 0.338 e. The molecule has 18 heavy (non-hydrogen) atoms. The van der Waals surface area contributed by atoms with Gasteiger partial charge in [-0.25, -0.2) is 4.79 Å². The van der Waals surface area contributed by atoms with Gasteiger partial charge in [0, 0.05) is 11.9 Å². The minimum atomic E-state index is -0.313. The van der Waals surface area contributed by atoms with Crippen molar-refractivity contribution in [1.82, 2.24) is 4.98 Å². The molecule has 0 spiro atoms. The standard InChI is InChI=1S/C14H14N2O2/c1-2-18-14(17)11-5-3-6-12(9-11)16-13-7-4-8-15-10-13/h3-10,16H,2H2,1H3. The van der Waals surface area contributed by atoms with Crippen LogP contribution in [-0.4, -0.2) is 17.6 Å². The van der Waals surface area contributed by atoms with E-state index >= 15 is 0 Å². The molecule has 0 saturated carbocycles. The number of pyridine rings is 1. The third-order valence-corrected chi connectivity index (χ3v) is 2.32.